The Bertz CT molecular complexity index is 1100. The molecule has 128 valence electrons. The predicted molar refractivity (Wildman–Crippen MR) is 106 cm³/mol. The van der Waals surface area contributed by atoms with Crippen LogP contribution in [0.3, 0.4) is 0 Å². The molecular formula is C21H15BrN2O2. The van der Waals surface area contributed by atoms with Gasteiger partial charge in [-0.1, -0.05) is 47.1 Å². The number of carbonyl (C=O) groups is 1. The lowest BCUT2D eigenvalue weighted by molar-refractivity contribution is 0.102. The van der Waals surface area contributed by atoms with Crippen molar-refractivity contribution in [3.63, 3.8) is 0 Å². The van der Waals surface area contributed by atoms with Gasteiger partial charge in [-0.25, -0.2) is 0 Å². The number of rotatable bonds is 3. The van der Waals surface area contributed by atoms with Crippen LogP contribution in [0.1, 0.15) is 15.9 Å². The fourth-order valence-electron chi connectivity index (χ4n) is 2.75. The maximum Gasteiger partial charge on any atom is 0.255 e. The minimum absolute atomic E-state index is 0.185. The van der Waals surface area contributed by atoms with Gasteiger partial charge in [0, 0.05) is 15.6 Å². The number of fused-ring (bicyclic) bond motifs is 1. The predicted octanol–water partition coefficient (Wildman–Crippen LogP) is 5.82. The van der Waals surface area contributed by atoms with Gasteiger partial charge in [0.15, 0.2) is 5.76 Å². The molecular weight excluding hydrogens is 392 g/mol. The van der Waals surface area contributed by atoms with Gasteiger partial charge in [0.25, 0.3) is 5.91 Å². The summed E-state index contributed by atoms with van der Waals surface area (Å²) in [5.74, 6) is 0.477. The first-order valence-corrected chi connectivity index (χ1v) is 8.93. The maximum atomic E-state index is 12.6. The van der Waals surface area contributed by atoms with Gasteiger partial charge < -0.3 is 9.84 Å². The van der Waals surface area contributed by atoms with Crippen molar-refractivity contribution in [2.24, 2.45) is 0 Å². The molecule has 1 heterocycles. The average molecular weight is 407 g/mol. The molecule has 4 nitrogen and oxygen atoms in total. The highest BCUT2D eigenvalue weighted by Crippen LogP contribution is 2.30. The smallest absolute Gasteiger partial charge is 0.255 e. The van der Waals surface area contributed by atoms with E-state index in [1.54, 1.807) is 12.1 Å². The summed E-state index contributed by atoms with van der Waals surface area (Å²) in [6.45, 7) is 2.03. The molecule has 1 amide bonds. The Morgan fingerprint density at radius 2 is 1.81 bits per heavy atom. The Hall–Kier alpha value is -2.92. The van der Waals surface area contributed by atoms with Crippen molar-refractivity contribution in [2.45, 2.75) is 6.92 Å². The molecule has 0 spiro atoms. The first-order valence-electron chi connectivity index (χ1n) is 8.14. The third-order valence-corrected chi connectivity index (χ3v) is 4.87. The van der Waals surface area contributed by atoms with E-state index in [0.29, 0.717) is 11.3 Å². The number of para-hydroxylation sites is 1. The van der Waals surface area contributed by atoms with Crippen LogP contribution in [0.25, 0.3) is 22.2 Å². The summed E-state index contributed by atoms with van der Waals surface area (Å²) in [5, 5.41) is 7.83. The van der Waals surface area contributed by atoms with Gasteiger partial charge in [-0.3, -0.25) is 4.79 Å². The van der Waals surface area contributed by atoms with Crippen LogP contribution in [0.4, 0.5) is 5.69 Å². The van der Waals surface area contributed by atoms with Crippen LogP contribution < -0.4 is 5.32 Å². The molecule has 5 heteroatoms. The highest BCUT2D eigenvalue weighted by atomic mass is 79.9. The van der Waals surface area contributed by atoms with Gasteiger partial charge in [0.05, 0.1) is 11.1 Å². The molecule has 0 aliphatic carbocycles. The van der Waals surface area contributed by atoms with Crippen LogP contribution in [0.2, 0.25) is 0 Å². The molecule has 0 saturated heterocycles. The lowest BCUT2D eigenvalue weighted by Gasteiger charge is -2.07. The van der Waals surface area contributed by atoms with E-state index >= 15 is 0 Å². The van der Waals surface area contributed by atoms with Crippen molar-refractivity contribution in [1.82, 2.24) is 5.16 Å². The van der Waals surface area contributed by atoms with Gasteiger partial charge in [0.2, 0.25) is 0 Å². The quantitative estimate of drug-likeness (QED) is 0.466. The monoisotopic (exact) mass is 406 g/mol. The van der Waals surface area contributed by atoms with E-state index < -0.39 is 0 Å². The normalized spacial score (nSPS) is 10.8. The van der Waals surface area contributed by atoms with Crippen LogP contribution in [-0.2, 0) is 0 Å². The van der Waals surface area contributed by atoms with Crippen molar-refractivity contribution in [3.05, 3.63) is 82.3 Å². The number of halogens is 1. The lowest BCUT2D eigenvalue weighted by atomic mass is 10.0. The zero-order valence-corrected chi connectivity index (χ0v) is 15.6. The second kappa shape index (κ2) is 6.77. The number of aromatic nitrogens is 1. The topological polar surface area (TPSA) is 55.1 Å². The van der Waals surface area contributed by atoms with Crippen molar-refractivity contribution in [1.29, 1.82) is 0 Å². The first-order chi connectivity index (χ1) is 12.6. The fourth-order valence-corrected chi connectivity index (χ4v) is 3.14. The Morgan fingerprint density at radius 3 is 2.58 bits per heavy atom. The number of nitrogens with one attached hydrogen (secondary N) is 1. The van der Waals surface area contributed by atoms with Crippen LogP contribution in [0.5, 0.6) is 0 Å². The van der Waals surface area contributed by atoms with E-state index in [-0.39, 0.29) is 5.91 Å². The highest BCUT2D eigenvalue weighted by Gasteiger charge is 2.14. The van der Waals surface area contributed by atoms with Crippen molar-refractivity contribution < 1.29 is 9.32 Å². The third kappa shape index (κ3) is 3.13. The van der Waals surface area contributed by atoms with E-state index in [0.717, 1.165) is 26.6 Å². The largest absolute Gasteiger partial charge is 0.355 e. The van der Waals surface area contributed by atoms with E-state index in [2.05, 4.69) is 26.4 Å². The highest BCUT2D eigenvalue weighted by molar-refractivity contribution is 9.10. The van der Waals surface area contributed by atoms with Gasteiger partial charge in [-0.2, -0.15) is 0 Å². The van der Waals surface area contributed by atoms with Gasteiger partial charge >= 0.3 is 0 Å². The second-order valence-corrected chi connectivity index (χ2v) is 6.90. The molecule has 0 aliphatic heterocycles. The second-order valence-electron chi connectivity index (χ2n) is 6.04. The number of amides is 1. The summed E-state index contributed by atoms with van der Waals surface area (Å²) in [4.78, 5) is 12.6. The molecule has 0 unspecified atom stereocenters. The first kappa shape index (κ1) is 16.5. The number of anilines is 1. The van der Waals surface area contributed by atoms with E-state index in [1.807, 2.05) is 61.5 Å². The standard InChI is InChI=1S/C21H15BrN2O2/c1-13-6-8-14(9-7-13)20-16-12-15(10-11-18(16)24-26-20)21(25)23-19-5-3-2-4-17(19)22/h2-12H,1H3,(H,23,25). The van der Waals surface area contributed by atoms with Crippen LogP contribution in [0, 0.1) is 6.92 Å². The number of hydrogen-bond acceptors (Lipinski definition) is 3. The van der Waals surface area contributed by atoms with Crippen LogP contribution >= 0.6 is 15.9 Å². The number of carbonyl (C=O) groups excluding carboxylic acids is 1. The molecule has 3 aromatic carbocycles. The SMILES string of the molecule is Cc1ccc(-c2onc3ccc(C(=O)Nc4ccccc4Br)cc23)cc1. The Labute approximate surface area is 159 Å². The van der Waals surface area contributed by atoms with Gasteiger partial charge in [0.1, 0.15) is 5.52 Å². The number of aryl methyl sites for hydroxylation is 1. The maximum absolute atomic E-state index is 12.6. The third-order valence-electron chi connectivity index (χ3n) is 4.17. The average Bonchev–Trinajstić information content (AvgIpc) is 3.07. The number of hydrogen-bond donors (Lipinski definition) is 1. The van der Waals surface area contributed by atoms with E-state index in [4.69, 9.17) is 4.52 Å². The Kier molecular flexibility index (Phi) is 4.31. The van der Waals surface area contributed by atoms with Gasteiger partial charge in [-0.05, 0) is 53.2 Å². The zero-order valence-electron chi connectivity index (χ0n) is 14.0. The molecule has 4 aromatic rings. The summed E-state index contributed by atoms with van der Waals surface area (Å²) in [7, 11) is 0. The van der Waals surface area contributed by atoms with Crippen molar-refractivity contribution in [2.75, 3.05) is 5.32 Å². The number of benzene rings is 3. The molecule has 1 aromatic heterocycles. The molecule has 0 atom stereocenters. The van der Waals surface area contributed by atoms with Crippen LogP contribution in [0.15, 0.2) is 75.7 Å². The van der Waals surface area contributed by atoms with E-state index in [1.165, 1.54) is 5.56 Å². The van der Waals surface area contributed by atoms with Crippen LogP contribution in [-0.4, -0.2) is 11.1 Å². The Balaban J connectivity index is 1.71. The van der Waals surface area contributed by atoms with Crippen molar-refractivity contribution >= 4 is 38.4 Å². The molecule has 0 radical (unpaired) electrons. The Morgan fingerprint density at radius 1 is 1.04 bits per heavy atom. The molecule has 1 N–H and O–H groups in total. The number of nitrogens with zero attached hydrogens (tertiary/aromatic N) is 1. The summed E-state index contributed by atoms with van der Waals surface area (Å²) in [6.07, 6.45) is 0. The summed E-state index contributed by atoms with van der Waals surface area (Å²) in [5.41, 5.74) is 4.09. The molecule has 0 bridgehead atoms. The summed E-state index contributed by atoms with van der Waals surface area (Å²) >= 11 is 3.44. The molecule has 0 aliphatic rings. The summed E-state index contributed by atoms with van der Waals surface area (Å²) < 4.78 is 6.36. The molecule has 0 saturated carbocycles. The summed E-state index contributed by atoms with van der Waals surface area (Å²) in [6, 6.07) is 20.9. The van der Waals surface area contributed by atoms with Gasteiger partial charge in [-0.15, -0.1) is 0 Å². The molecule has 26 heavy (non-hydrogen) atoms. The van der Waals surface area contributed by atoms with E-state index in [9.17, 15) is 4.79 Å². The zero-order chi connectivity index (χ0) is 18.1. The molecule has 4 rings (SSSR count). The minimum atomic E-state index is -0.185. The lowest BCUT2D eigenvalue weighted by Crippen LogP contribution is -2.12. The fraction of sp³-hybridized carbons (Fsp3) is 0.0476. The minimum Gasteiger partial charge on any atom is -0.355 e. The molecule has 0 fully saturated rings. The van der Waals surface area contributed by atoms with Crippen molar-refractivity contribution in [3.8, 4) is 11.3 Å².